The molecule has 20 heavy (non-hydrogen) atoms. The Kier molecular flexibility index (Phi) is 3.63. The molecule has 1 unspecified atom stereocenters. The first-order valence-electron chi connectivity index (χ1n) is 7.17. The van der Waals surface area contributed by atoms with Gasteiger partial charge in [-0.1, -0.05) is 36.3 Å². The quantitative estimate of drug-likeness (QED) is 0.857. The average molecular weight is 270 g/mol. The van der Waals surface area contributed by atoms with Gasteiger partial charge in [0.1, 0.15) is 5.78 Å². The van der Waals surface area contributed by atoms with Crippen molar-refractivity contribution in [3.05, 3.63) is 47.1 Å². The van der Waals surface area contributed by atoms with Crippen LogP contribution in [-0.4, -0.2) is 15.9 Å². The molecule has 0 saturated heterocycles. The van der Waals surface area contributed by atoms with E-state index < -0.39 is 0 Å². The molecule has 1 aromatic carbocycles. The third-order valence-corrected chi connectivity index (χ3v) is 3.94. The summed E-state index contributed by atoms with van der Waals surface area (Å²) in [5.74, 6) is 1.64. The van der Waals surface area contributed by atoms with Crippen LogP contribution in [0, 0.1) is 0 Å². The predicted molar refractivity (Wildman–Crippen MR) is 74.5 cm³/mol. The van der Waals surface area contributed by atoms with Crippen molar-refractivity contribution in [1.29, 1.82) is 0 Å². The number of aromatic nitrogens is 2. The summed E-state index contributed by atoms with van der Waals surface area (Å²) in [6, 6.07) is 8.51. The minimum atomic E-state index is 0.134. The number of carbonyl (C=O) groups is 1. The van der Waals surface area contributed by atoms with Crippen LogP contribution in [0.4, 0.5) is 0 Å². The number of aryl methyl sites for hydroxylation is 1. The molecule has 0 N–H and O–H groups in total. The Balaban J connectivity index is 1.73. The summed E-state index contributed by atoms with van der Waals surface area (Å²) in [6.45, 7) is 1.84. The molecule has 104 valence electrons. The highest BCUT2D eigenvalue weighted by atomic mass is 16.5. The second kappa shape index (κ2) is 5.57. The van der Waals surface area contributed by atoms with Crippen molar-refractivity contribution in [3.63, 3.8) is 0 Å². The summed E-state index contributed by atoms with van der Waals surface area (Å²) in [5, 5.41) is 4.06. The summed E-state index contributed by atoms with van der Waals surface area (Å²) in [4.78, 5) is 15.8. The van der Waals surface area contributed by atoms with Crippen LogP contribution >= 0.6 is 0 Å². The van der Waals surface area contributed by atoms with Gasteiger partial charge < -0.3 is 4.52 Å². The molecule has 1 heterocycles. The van der Waals surface area contributed by atoms with E-state index in [0.29, 0.717) is 18.2 Å². The highest BCUT2D eigenvalue weighted by molar-refractivity contribution is 5.79. The second-order valence-corrected chi connectivity index (χ2v) is 5.32. The Hall–Kier alpha value is -1.97. The molecule has 1 atom stereocenters. The molecule has 1 aromatic heterocycles. The maximum absolute atomic E-state index is 11.4. The summed E-state index contributed by atoms with van der Waals surface area (Å²) < 4.78 is 5.20. The Labute approximate surface area is 118 Å². The fraction of sp³-hybridized carbons (Fsp3) is 0.438. The van der Waals surface area contributed by atoms with Gasteiger partial charge in [-0.15, -0.1) is 0 Å². The lowest BCUT2D eigenvalue weighted by Gasteiger charge is -2.21. The highest BCUT2D eigenvalue weighted by Gasteiger charge is 2.24. The standard InChI is InChI=1S/C16H18N2O2/c1-2-14(19)10-15-17-16(18-20-15)13-8-7-11-5-3-4-6-12(11)9-13/h3-6,13H,2,7-10H2,1H3. The average Bonchev–Trinajstić information content (AvgIpc) is 2.95. The van der Waals surface area contributed by atoms with Crippen LogP contribution in [0.15, 0.2) is 28.8 Å². The maximum Gasteiger partial charge on any atom is 0.234 e. The Morgan fingerprint density at radius 3 is 2.95 bits per heavy atom. The van der Waals surface area contributed by atoms with Gasteiger partial charge in [-0.25, -0.2) is 0 Å². The number of hydrogen-bond acceptors (Lipinski definition) is 4. The largest absolute Gasteiger partial charge is 0.339 e. The van der Waals surface area contributed by atoms with E-state index in [4.69, 9.17) is 4.52 Å². The molecular weight excluding hydrogens is 252 g/mol. The van der Waals surface area contributed by atoms with E-state index in [1.807, 2.05) is 6.92 Å². The number of ketones is 1. The first kappa shape index (κ1) is 13.0. The number of hydrogen-bond donors (Lipinski definition) is 0. The SMILES string of the molecule is CCC(=O)Cc1nc(C2CCc3ccccc3C2)no1. The number of carbonyl (C=O) groups excluding carboxylic acids is 1. The molecular formula is C16H18N2O2. The van der Waals surface area contributed by atoms with Gasteiger partial charge in [-0.05, 0) is 30.4 Å². The van der Waals surface area contributed by atoms with Gasteiger partial charge >= 0.3 is 0 Å². The molecule has 2 aromatic rings. The highest BCUT2D eigenvalue weighted by Crippen LogP contribution is 2.31. The molecule has 1 aliphatic rings. The van der Waals surface area contributed by atoms with E-state index >= 15 is 0 Å². The molecule has 0 saturated carbocycles. The monoisotopic (exact) mass is 270 g/mol. The maximum atomic E-state index is 11.4. The lowest BCUT2D eigenvalue weighted by Crippen LogP contribution is -2.14. The molecule has 0 fully saturated rings. The number of fused-ring (bicyclic) bond motifs is 1. The lowest BCUT2D eigenvalue weighted by molar-refractivity contribution is -0.118. The molecule has 0 radical (unpaired) electrons. The minimum absolute atomic E-state index is 0.134. The molecule has 4 heteroatoms. The number of Topliss-reactive ketones (excluding diaryl/α,β-unsaturated/α-hetero) is 1. The van der Waals surface area contributed by atoms with Crippen LogP contribution in [0.25, 0.3) is 0 Å². The molecule has 1 aliphatic carbocycles. The normalized spacial score (nSPS) is 17.8. The van der Waals surface area contributed by atoms with Gasteiger partial charge in [-0.3, -0.25) is 4.79 Å². The van der Waals surface area contributed by atoms with Crippen molar-refractivity contribution < 1.29 is 9.32 Å². The summed E-state index contributed by atoms with van der Waals surface area (Å²) in [6.07, 6.45) is 3.81. The Morgan fingerprint density at radius 1 is 1.35 bits per heavy atom. The van der Waals surface area contributed by atoms with Crippen LogP contribution in [0.1, 0.15) is 48.5 Å². The van der Waals surface area contributed by atoms with Crippen LogP contribution in [0.2, 0.25) is 0 Å². The van der Waals surface area contributed by atoms with Gasteiger partial charge in [0.15, 0.2) is 5.82 Å². The van der Waals surface area contributed by atoms with E-state index in [-0.39, 0.29) is 12.2 Å². The van der Waals surface area contributed by atoms with Gasteiger partial charge in [0.2, 0.25) is 5.89 Å². The van der Waals surface area contributed by atoms with E-state index in [9.17, 15) is 4.79 Å². The van der Waals surface area contributed by atoms with Crippen LogP contribution in [0.5, 0.6) is 0 Å². The summed E-state index contributed by atoms with van der Waals surface area (Å²) in [5.41, 5.74) is 2.80. The zero-order chi connectivity index (χ0) is 13.9. The zero-order valence-electron chi connectivity index (χ0n) is 11.6. The van der Waals surface area contributed by atoms with Gasteiger partial charge in [0, 0.05) is 12.3 Å². The van der Waals surface area contributed by atoms with Crippen molar-refractivity contribution in [2.75, 3.05) is 0 Å². The predicted octanol–water partition coefficient (Wildman–Crippen LogP) is 2.86. The van der Waals surface area contributed by atoms with Gasteiger partial charge in [-0.2, -0.15) is 4.98 Å². The fourth-order valence-electron chi connectivity index (χ4n) is 2.72. The van der Waals surface area contributed by atoms with Crippen molar-refractivity contribution >= 4 is 5.78 Å². The van der Waals surface area contributed by atoms with Crippen molar-refractivity contribution in [1.82, 2.24) is 10.1 Å². The summed E-state index contributed by atoms with van der Waals surface area (Å²) in [7, 11) is 0. The third-order valence-electron chi connectivity index (χ3n) is 3.94. The van der Waals surface area contributed by atoms with E-state index in [0.717, 1.165) is 25.1 Å². The molecule has 0 aliphatic heterocycles. The van der Waals surface area contributed by atoms with Gasteiger partial charge in [0.25, 0.3) is 0 Å². The zero-order valence-corrected chi connectivity index (χ0v) is 11.6. The first-order valence-corrected chi connectivity index (χ1v) is 7.17. The van der Waals surface area contributed by atoms with E-state index in [1.54, 1.807) is 0 Å². The molecule has 3 rings (SSSR count). The van der Waals surface area contributed by atoms with Gasteiger partial charge in [0.05, 0.1) is 6.42 Å². The third kappa shape index (κ3) is 2.64. The Bertz CT molecular complexity index is 618. The van der Waals surface area contributed by atoms with Crippen LogP contribution in [0.3, 0.4) is 0 Å². The minimum Gasteiger partial charge on any atom is -0.339 e. The van der Waals surface area contributed by atoms with Crippen molar-refractivity contribution in [2.45, 2.75) is 44.9 Å². The summed E-state index contributed by atoms with van der Waals surface area (Å²) >= 11 is 0. The topological polar surface area (TPSA) is 56.0 Å². The Morgan fingerprint density at radius 2 is 2.15 bits per heavy atom. The number of rotatable bonds is 4. The van der Waals surface area contributed by atoms with Crippen molar-refractivity contribution in [3.8, 4) is 0 Å². The van der Waals surface area contributed by atoms with Crippen molar-refractivity contribution in [2.24, 2.45) is 0 Å². The second-order valence-electron chi connectivity index (χ2n) is 5.32. The van der Waals surface area contributed by atoms with E-state index in [2.05, 4.69) is 34.4 Å². The van der Waals surface area contributed by atoms with Crippen LogP contribution in [-0.2, 0) is 24.1 Å². The van der Waals surface area contributed by atoms with E-state index in [1.165, 1.54) is 11.1 Å². The molecule has 0 amide bonds. The smallest absolute Gasteiger partial charge is 0.234 e. The van der Waals surface area contributed by atoms with Crippen LogP contribution < -0.4 is 0 Å². The number of benzene rings is 1. The number of nitrogens with zero attached hydrogens (tertiary/aromatic N) is 2. The first-order chi connectivity index (χ1) is 9.76. The fourth-order valence-corrected chi connectivity index (χ4v) is 2.72. The lowest BCUT2D eigenvalue weighted by atomic mass is 9.83. The molecule has 0 spiro atoms. The molecule has 0 bridgehead atoms. The molecule has 4 nitrogen and oxygen atoms in total.